The Labute approximate surface area is 96.9 Å². The molecule has 16 heavy (non-hydrogen) atoms. The predicted octanol–water partition coefficient (Wildman–Crippen LogP) is 2.37. The van der Waals surface area contributed by atoms with Gasteiger partial charge in [-0.15, -0.1) is 0 Å². The van der Waals surface area contributed by atoms with Gasteiger partial charge in [0.05, 0.1) is 0 Å². The van der Waals surface area contributed by atoms with Gasteiger partial charge < -0.3 is 14.4 Å². The van der Waals surface area contributed by atoms with Crippen LogP contribution < -0.4 is 0 Å². The van der Waals surface area contributed by atoms with Crippen molar-refractivity contribution in [2.24, 2.45) is 0 Å². The fraction of sp³-hybridized carbons (Fsp3) is 0.833. The summed E-state index contributed by atoms with van der Waals surface area (Å²) in [5.74, 6) is 0. The Morgan fingerprint density at radius 1 is 1.44 bits per heavy atom. The fourth-order valence-corrected chi connectivity index (χ4v) is 1.92. The third kappa shape index (κ3) is 3.83. The second kappa shape index (κ2) is 5.32. The molecule has 0 aliphatic carbocycles. The molecule has 4 nitrogen and oxygen atoms in total. The van der Waals surface area contributed by atoms with E-state index in [2.05, 4.69) is 0 Å². The van der Waals surface area contributed by atoms with Crippen molar-refractivity contribution in [2.75, 3.05) is 6.54 Å². The number of hydrogen-bond donors (Lipinski definition) is 0. The number of aldehydes is 1. The Balaban J connectivity index is 2.60. The van der Waals surface area contributed by atoms with Crippen LogP contribution in [0.5, 0.6) is 0 Å². The molecule has 0 bridgehead atoms. The van der Waals surface area contributed by atoms with Gasteiger partial charge in [-0.25, -0.2) is 4.79 Å². The second-order valence-electron chi connectivity index (χ2n) is 5.23. The molecule has 1 aliphatic rings. The summed E-state index contributed by atoms with van der Waals surface area (Å²) in [6.45, 7) is 6.25. The number of hydrogen-bond acceptors (Lipinski definition) is 3. The minimum atomic E-state index is -0.472. The standard InChI is InChI=1S/C12H21NO3/c1-12(2,3)16-11(15)13-8-5-4-6-10(13)7-9-14/h9-10H,4-8H2,1-3H3/t10-/m1/s1. The summed E-state index contributed by atoms with van der Waals surface area (Å²) in [5.41, 5.74) is -0.472. The number of ether oxygens (including phenoxy) is 1. The lowest BCUT2D eigenvalue weighted by Crippen LogP contribution is -2.46. The maximum absolute atomic E-state index is 11.9. The van der Waals surface area contributed by atoms with E-state index in [1.165, 1.54) is 0 Å². The molecule has 4 heteroatoms. The molecule has 1 atom stereocenters. The van der Waals surface area contributed by atoms with E-state index in [1.807, 2.05) is 20.8 Å². The highest BCUT2D eigenvalue weighted by Gasteiger charge is 2.29. The number of carbonyl (C=O) groups excluding carboxylic acids is 2. The number of nitrogens with zero attached hydrogens (tertiary/aromatic N) is 1. The third-order valence-electron chi connectivity index (χ3n) is 2.62. The molecule has 0 aromatic heterocycles. The molecule has 0 spiro atoms. The van der Waals surface area contributed by atoms with Crippen molar-refractivity contribution < 1.29 is 14.3 Å². The first-order valence-electron chi connectivity index (χ1n) is 5.87. The first kappa shape index (κ1) is 13.0. The average Bonchev–Trinajstić information content (AvgIpc) is 2.16. The van der Waals surface area contributed by atoms with E-state index in [0.717, 1.165) is 25.5 Å². The molecule has 1 fully saturated rings. The number of piperidine rings is 1. The van der Waals surface area contributed by atoms with Crippen molar-refractivity contribution in [3.05, 3.63) is 0 Å². The van der Waals surface area contributed by atoms with E-state index in [4.69, 9.17) is 4.74 Å². The Bertz CT molecular complexity index is 257. The lowest BCUT2D eigenvalue weighted by atomic mass is 10.0. The minimum absolute atomic E-state index is 0.0288. The SMILES string of the molecule is CC(C)(C)OC(=O)N1CCCC[C@@H]1CC=O. The van der Waals surface area contributed by atoms with Gasteiger partial charge in [0.15, 0.2) is 0 Å². The van der Waals surface area contributed by atoms with Crippen molar-refractivity contribution in [2.45, 2.75) is 58.1 Å². The predicted molar refractivity (Wildman–Crippen MR) is 61.3 cm³/mol. The van der Waals surface area contributed by atoms with E-state index >= 15 is 0 Å². The van der Waals surface area contributed by atoms with Crippen molar-refractivity contribution in [3.8, 4) is 0 Å². The summed E-state index contributed by atoms with van der Waals surface area (Å²) in [6, 6.07) is 0.0288. The monoisotopic (exact) mass is 227 g/mol. The van der Waals surface area contributed by atoms with Crippen LogP contribution in [0.15, 0.2) is 0 Å². The van der Waals surface area contributed by atoms with E-state index in [-0.39, 0.29) is 12.1 Å². The molecule has 0 aromatic rings. The molecular formula is C12H21NO3. The van der Waals surface area contributed by atoms with Crippen molar-refractivity contribution >= 4 is 12.4 Å². The maximum Gasteiger partial charge on any atom is 0.410 e. The van der Waals surface area contributed by atoms with Crippen molar-refractivity contribution in [1.82, 2.24) is 4.90 Å². The van der Waals surface area contributed by atoms with Crippen LogP contribution >= 0.6 is 0 Å². The maximum atomic E-state index is 11.9. The van der Waals surface area contributed by atoms with Gasteiger partial charge in [0.1, 0.15) is 11.9 Å². The Morgan fingerprint density at radius 3 is 2.69 bits per heavy atom. The van der Waals surface area contributed by atoms with Crippen LogP contribution in [-0.4, -0.2) is 35.5 Å². The van der Waals surface area contributed by atoms with Crippen molar-refractivity contribution in [3.63, 3.8) is 0 Å². The molecule has 1 amide bonds. The van der Waals surface area contributed by atoms with Crippen LogP contribution in [0.4, 0.5) is 4.79 Å². The van der Waals surface area contributed by atoms with Crippen LogP contribution in [-0.2, 0) is 9.53 Å². The van der Waals surface area contributed by atoms with Gasteiger partial charge in [-0.05, 0) is 40.0 Å². The number of rotatable bonds is 2. The Hall–Kier alpha value is -1.06. The quantitative estimate of drug-likeness (QED) is 0.680. The van der Waals surface area contributed by atoms with E-state index in [9.17, 15) is 9.59 Å². The van der Waals surface area contributed by atoms with Gasteiger partial charge >= 0.3 is 6.09 Å². The highest BCUT2D eigenvalue weighted by Crippen LogP contribution is 2.21. The average molecular weight is 227 g/mol. The molecule has 1 heterocycles. The summed E-state index contributed by atoms with van der Waals surface area (Å²) in [7, 11) is 0. The molecule has 0 radical (unpaired) electrons. The summed E-state index contributed by atoms with van der Waals surface area (Å²) in [4.78, 5) is 24.1. The van der Waals surface area contributed by atoms with Gasteiger partial charge in [-0.1, -0.05) is 0 Å². The fourth-order valence-electron chi connectivity index (χ4n) is 1.92. The van der Waals surface area contributed by atoms with Crippen molar-refractivity contribution in [1.29, 1.82) is 0 Å². The molecule has 1 rings (SSSR count). The summed E-state index contributed by atoms with van der Waals surface area (Å²) in [6.07, 6.45) is 3.98. The summed E-state index contributed by atoms with van der Waals surface area (Å²) < 4.78 is 5.32. The zero-order valence-corrected chi connectivity index (χ0v) is 10.4. The molecule has 0 unspecified atom stereocenters. The van der Waals surface area contributed by atoms with Crippen LogP contribution in [0.2, 0.25) is 0 Å². The summed E-state index contributed by atoms with van der Waals surface area (Å²) in [5, 5.41) is 0. The molecule has 0 N–H and O–H groups in total. The van der Waals surface area contributed by atoms with Gasteiger partial charge in [-0.2, -0.15) is 0 Å². The molecule has 1 saturated heterocycles. The van der Waals surface area contributed by atoms with Gasteiger partial charge in [0, 0.05) is 19.0 Å². The highest BCUT2D eigenvalue weighted by molar-refractivity contribution is 5.69. The zero-order valence-electron chi connectivity index (χ0n) is 10.4. The molecule has 92 valence electrons. The second-order valence-corrected chi connectivity index (χ2v) is 5.23. The number of likely N-dealkylation sites (tertiary alicyclic amines) is 1. The normalized spacial score (nSPS) is 21.7. The molecule has 1 aliphatic heterocycles. The molecular weight excluding hydrogens is 206 g/mol. The van der Waals surface area contributed by atoms with Gasteiger partial charge in [0.25, 0.3) is 0 Å². The summed E-state index contributed by atoms with van der Waals surface area (Å²) >= 11 is 0. The largest absolute Gasteiger partial charge is 0.444 e. The highest BCUT2D eigenvalue weighted by atomic mass is 16.6. The van der Waals surface area contributed by atoms with Crippen LogP contribution in [0.1, 0.15) is 46.5 Å². The first-order valence-corrected chi connectivity index (χ1v) is 5.87. The van der Waals surface area contributed by atoms with Crippen LogP contribution in [0.3, 0.4) is 0 Å². The number of carbonyl (C=O) groups is 2. The van der Waals surface area contributed by atoms with E-state index in [1.54, 1.807) is 4.90 Å². The lowest BCUT2D eigenvalue weighted by molar-refractivity contribution is -0.109. The van der Waals surface area contributed by atoms with Gasteiger partial charge in [-0.3, -0.25) is 0 Å². The smallest absolute Gasteiger partial charge is 0.410 e. The molecule has 0 aromatic carbocycles. The Morgan fingerprint density at radius 2 is 2.12 bits per heavy atom. The topological polar surface area (TPSA) is 46.6 Å². The van der Waals surface area contributed by atoms with Crippen LogP contribution in [0.25, 0.3) is 0 Å². The van der Waals surface area contributed by atoms with Crippen LogP contribution in [0, 0.1) is 0 Å². The molecule has 0 saturated carbocycles. The van der Waals surface area contributed by atoms with E-state index in [0.29, 0.717) is 13.0 Å². The first-order chi connectivity index (χ1) is 7.44. The number of amides is 1. The minimum Gasteiger partial charge on any atom is -0.444 e. The Kier molecular flexibility index (Phi) is 4.33. The lowest BCUT2D eigenvalue weighted by Gasteiger charge is -2.35. The zero-order chi connectivity index (χ0) is 12.2. The van der Waals surface area contributed by atoms with E-state index < -0.39 is 5.60 Å². The van der Waals surface area contributed by atoms with Gasteiger partial charge in [0.2, 0.25) is 0 Å². The third-order valence-corrected chi connectivity index (χ3v) is 2.62.